The number of rotatable bonds is 8. The van der Waals surface area contributed by atoms with Gasteiger partial charge in [0.25, 0.3) is 0 Å². The van der Waals surface area contributed by atoms with E-state index in [1.807, 2.05) is 11.8 Å². The molecule has 0 aliphatic carbocycles. The number of aliphatic hydroxyl groups excluding tert-OH is 1. The number of aliphatic hydroxyl groups is 1. The average molecular weight is 380 g/mol. The number of benzene rings is 1. The van der Waals surface area contributed by atoms with E-state index < -0.39 is 17.1 Å². The smallest absolute Gasteiger partial charge is 0.305 e. The van der Waals surface area contributed by atoms with Crippen LogP contribution >= 0.6 is 11.8 Å². The fourth-order valence-electron chi connectivity index (χ4n) is 2.32. The summed E-state index contributed by atoms with van der Waals surface area (Å²) < 4.78 is 0. The van der Waals surface area contributed by atoms with Crippen molar-refractivity contribution in [2.45, 2.75) is 18.6 Å². The molecule has 140 valence electrons. The van der Waals surface area contributed by atoms with Gasteiger partial charge in [-0.3, -0.25) is 9.59 Å². The molecule has 1 aliphatic heterocycles. The maximum Gasteiger partial charge on any atom is 0.305 e. The van der Waals surface area contributed by atoms with Crippen molar-refractivity contribution in [3.8, 4) is 5.75 Å². The number of nitrogens with zero attached hydrogens (tertiary/aromatic N) is 3. The number of phenols is 1. The fourth-order valence-corrected chi connectivity index (χ4v) is 3.23. The molecule has 4 N–H and O–H groups in total. The summed E-state index contributed by atoms with van der Waals surface area (Å²) in [5.74, 6) is -1.47. The summed E-state index contributed by atoms with van der Waals surface area (Å²) in [7, 11) is 0. The normalized spacial score (nSPS) is 18.5. The number of carbonyl (C=O) groups is 2. The average Bonchev–Trinajstić information content (AvgIpc) is 2.93. The van der Waals surface area contributed by atoms with Crippen molar-refractivity contribution in [1.82, 2.24) is 5.32 Å². The Morgan fingerprint density at radius 3 is 2.85 bits per heavy atom. The Morgan fingerprint density at radius 2 is 2.23 bits per heavy atom. The molecule has 0 aromatic heterocycles. The zero-order chi connectivity index (χ0) is 19.1. The highest BCUT2D eigenvalue weighted by Crippen LogP contribution is 2.24. The first-order valence-corrected chi connectivity index (χ1v) is 8.81. The van der Waals surface area contributed by atoms with Crippen molar-refractivity contribution in [2.24, 2.45) is 10.2 Å². The summed E-state index contributed by atoms with van der Waals surface area (Å²) in [4.78, 5) is 24.2. The zero-order valence-electron chi connectivity index (χ0n) is 14.1. The predicted octanol–water partition coefficient (Wildman–Crippen LogP) is 0.607. The number of carboxylic acids is 1. The number of hydrogen-bond acceptors (Lipinski definition) is 8. The highest BCUT2D eigenvalue weighted by molar-refractivity contribution is 8.15. The quantitative estimate of drug-likeness (QED) is 0.383. The van der Waals surface area contributed by atoms with Gasteiger partial charge in [0.1, 0.15) is 11.0 Å². The van der Waals surface area contributed by atoms with Gasteiger partial charge < -0.3 is 25.5 Å². The first kappa shape index (κ1) is 19.7. The minimum Gasteiger partial charge on any atom is -0.507 e. The fraction of sp³-hybridized carbons (Fsp3) is 0.375. The number of aromatic hydroxyl groups is 1. The van der Waals surface area contributed by atoms with Crippen LogP contribution in [-0.2, 0) is 9.59 Å². The number of phenolic OH excluding ortho intramolecular Hbond substituents is 1. The molecule has 10 heteroatoms. The van der Waals surface area contributed by atoms with Gasteiger partial charge in [0, 0.05) is 30.4 Å². The molecule has 1 unspecified atom stereocenters. The Bertz CT molecular complexity index is 737. The first-order valence-electron chi connectivity index (χ1n) is 7.93. The molecule has 1 saturated heterocycles. The van der Waals surface area contributed by atoms with Crippen LogP contribution in [0.1, 0.15) is 18.9 Å². The first-order chi connectivity index (χ1) is 12.4. The van der Waals surface area contributed by atoms with E-state index in [1.54, 1.807) is 18.2 Å². The van der Waals surface area contributed by atoms with Crippen LogP contribution in [0.25, 0.3) is 0 Å². The van der Waals surface area contributed by atoms with Crippen molar-refractivity contribution >= 4 is 40.7 Å². The number of carboxylic acid groups (broad SMARTS) is 1. The topological polar surface area (TPSA) is 135 Å². The molecule has 1 heterocycles. The lowest BCUT2D eigenvalue weighted by atomic mass is 10.2. The van der Waals surface area contributed by atoms with Crippen molar-refractivity contribution in [3.63, 3.8) is 0 Å². The lowest BCUT2D eigenvalue weighted by molar-refractivity contribution is -0.138. The number of anilines is 1. The number of thioether (sulfide) groups is 1. The van der Waals surface area contributed by atoms with Crippen LogP contribution in [0.15, 0.2) is 28.4 Å². The van der Waals surface area contributed by atoms with E-state index in [0.717, 1.165) is 17.4 Å². The standard InChI is InChI=1S/C16H20N4O5S/c1-2-20(5-6-21)11-4-3-10(12(22)7-11)9-17-19-16-18-15(25)13(26-16)8-14(23)24/h3-4,7,9,13,21-22H,2,5-6,8H2,1H3,(H,23,24)(H,18,19,25). The summed E-state index contributed by atoms with van der Waals surface area (Å²) in [6.45, 7) is 3.12. The van der Waals surface area contributed by atoms with Crippen molar-refractivity contribution in [2.75, 3.05) is 24.6 Å². The number of amidine groups is 1. The van der Waals surface area contributed by atoms with Crippen LogP contribution in [0.3, 0.4) is 0 Å². The lowest BCUT2D eigenvalue weighted by Gasteiger charge is -2.22. The number of carbonyl (C=O) groups excluding carboxylic acids is 1. The van der Waals surface area contributed by atoms with E-state index in [1.165, 1.54) is 6.21 Å². The Balaban J connectivity index is 2.04. The Kier molecular flexibility index (Phi) is 6.98. The van der Waals surface area contributed by atoms with Crippen molar-refractivity contribution in [3.05, 3.63) is 23.8 Å². The molecule has 1 amide bonds. The molecule has 1 atom stereocenters. The van der Waals surface area contributed by atoms with E-state index in [-0.39, 0.29) is 23.9 Å². The number of hydrogen-bond donors (Lipinski definition) is 4. The van der Waals surface area contributed by atoms with Gasteiger partial charge in [0.2, 0.25) is 5.91 Å². The molecule has 26 heavy (non-hydrogen) atoms. The molecule has 0 radical (unpaired) electrons. The maximum absolute atomic E-state index is 11.6. The minimum atomic E-state index is -1.06. The third-order valence-electron chi connectivity index (χ3n) is 3.61. The Morgan fingerprint density at radius 1 is 1.46 bits per heavy atom. The zero-order valence-corrected chi connectivity index (χ0v) is 14.9. The summed E-state index contributed by atoms with van der Waals surface area (Å²) in [5.41, 5.74) is 1.21. The molecule has 0 spiro atoms. The number of likely N-dealkylation sites (N-methyl/N-ethyl adjacent to an activating group) is 1. The second-order valence-electron chi connectivity index (χ2n) is 5.39. The van der Waals surface area contributed by atoms with Gasteiger partial charge >= 0.3 is 5.97 Å². The third kappa shape index (κ3) is 5.20. The minimum absolute atomic E-state index is 0.00899. The summed E-state index contributed by atoms with van der Waals surface area (Å²) in [5, 5.41) is 37.5. The second-order valence-corrected chi connectivity index (χ2v) is 6.58. The van der Waals surface area contributed by atoms with Gasteiger partial charge in [-0.05, 0) is 19.1 Å². The second kappa shape index (κ2) is 9.20. The Hall–Kier alpha value is -2.59. The SMILES string of the molecule is CCN(CCO)c1ccc(C=NN=C2NC(=O)C(CC(=O)O)S2)c(O)c1. The van der Waals surface area contributed by atoms with E-state index >= 15 is 0 Å². The molecule has 0 bridgehead atoms. The molecule has 9 nitrogen and oxygen atoms in total. The molecule has 0 saturated carbocycles. The van der Waals surface area contributed by atoms with Crippen molar-refractivity contribution < 1.29 is 24.9 Å². The van der Waals surface area contributed by atoms with Gasteiger partial charge in [0.05, 0.1) is 19.2 Å². The van der Waals surface area contributed by atoms with E-state index in [9.17, 15) is 14.7 Å². The highest BCUT2D eigenvalue weighted by atomic mass is 32.2. The summed E-state index contributed by atoms with van der Waals surface area (Å²) >= 11 is 1.00. The molecule has 1 aliphatic rings. The number of aliphatic carboxylic acids is 1. The van der Waals surface area contributed by atoms with Crippen molar-refractivity contribution in [1.29, 1.82) is 0 Å². The van der Waals surface area contributed by atoms with E-state index in [4.69, 9.17) is 10.2 Å². The summed E-state index contributed by atoms with van der Waals surface area (Å²) in [6, 6.07) is 5.03. The van der Waals surface area contributed by atoms with Crippen LogP contribution in [0.4, 0.5) is 5.69 Å². The van der Waals surface area contributed by atoms with E-state index in [0.29, 0.717) is 18.7 Å². The van der Waals surface area contributed by atoms with Gasteiger partial charge in [-0.1, -0.05) is 11.8 Å². The molecular formula is C16H20N4O5S. The molecule has 1 fully saturated rings. The molecular weight excluding hydrogens is 360 g/mol. The van der Waals surface area contributed by atoms with Gasteiger partial charge in [-0.2, -0.15) is 5.10 Å². The van der Waals surface area contributed by atoms with Crippen LogP contribution in [0.5, 0.6) is 5.75 Å². The van der Waals surface area contributed by atoms with Crippen LogP contribution in [-0.4, -0.2) is 63.5 Å². The maximum atomic E-state index is 11.6. The molecule has 1 aromatic carbocycles. The number of nitrogens with one attached hydrogen (secondary N) is 1. The van der Waals surface area contributed by atoms with Gasteiger partial charge in [-0.25, -0.2) is 0 Å². The van der Waals surface area contributed by atoms with E-state index in [2.05, 4.69) is 15.5 Å². The van der Waals surface area contributed by atoms with Crippen LogP contribution < -0.4 is 10.2 Å². The number of amides is 1. The largest absolute Gasteiger partial charge is 0.507 e. The summed E-state index contributed by atoms with van der Waals surface area (Å²) in [6.07, 6.45) is 1.05. The molecule has 1 aromatic rings. The van der Waals surface area contributed by atoms with Gasteiger partial charge in [-0.15, -0.1) is 5.10 Å². The lowest BCUT2D eigenvalue weighted by Crippen LogP contribution is -2.26. The van der Waals surface area contributed by atoms with Gasteiger partial charge in [0.15, 0.2) is 5.17 Å². The van der Waals surface area contributed by atoms with Crippen LogP contribution in [0.2, 0.25) is 0 Å². The predicted molar refractivity (Wildman–Crippen MR) is 99.9 cm³/mol. The monoisotopic (exact) mass is 380 g/mol. The Labute approximate surface area is 154 Å². The highest BCUT2D eigenvalue weighted by Gasteiger charge is 2.32. The third-order valence-corrected chi connectivity index (χ3v) is 4.68. The van der Waals surface area contributed by atoms with Crippen LogP contribution in [0, 0.1) is 0 Å². The molecule has 2 rings (SSSR count).